The van der Waals surface area contributed by atoms with Gasteiger partial charge in [-0.05, 0) is 51.0 Å². The molecule has 2 aromatic rings. The Hall–Kier alpha value is -2.86. The zero-order chi connectivity index (χ0) is 23.3. The molecule has 3 rings (SSSR count). The van der Waals surface area contributed by atoms with Crippen LogP contribution < -0.4 is 4.74 Å². The molecule has 7 heteroatoms. The molecule has 1 aromatic carbocycles. The third-order valence-corrected chi connectivity index (χ3v) is 5.65. The highest BCUT2D eigenvalue weighted by atomic mass is 35.5. The number of benzene rings is 1. The van der Waals surface area contributed by atoms with Gasteiger partial charge in [-0.25, -0.2) is 9.98 Å². The molecule has 0 bridgehead atoms. The van der Waals surface area contributed by atoms with Crippen molar-refractivity contribution in [3.05, 3.63) is 64.3 Å². The Morgan fingerprint density at radius 3 is 2.69 bits per heavy atom. The van der Waals surface area contributed by atoms with Crippen molar-refractivity contribution < 1.29 is 14.3 Å². The number of ether oxygens (including phenoxy) is 2. The maximum atomic E-state index is 13.6. The van der Waals surface area contributed by atoms with Gasteiger partial charge in [0.1, 0.15) is 12.4 Å². The van der Waals surface area contributed by atoms with Gasteiger partial charge in [-0.15, -0.1) is 0 Å². The first kappa shape index (κ1) is 23.8. The van der Waals surface area contributed by atoms with Gasteiger partial charge in [0.15, 0.2) is 5.90 Å². The molecular formula is C25H30ClN3O3. The number of carbonyl (C=O) groups excluding carboxylic acids is 1. The first-order chi connectivity index (χ1) is 15.3. The van der Waals surface area contributed by atoms with Gasteiger partial charge in [-0.1, -0.05) is 30.7 Å². The van der Waals surface area contributed by atoms with Crippen LogP contribution in [-0.4, -0.2) is 46.9 Å². The monoisotopic (exact) mass is 455 g/mol. The van der Waals surface area contributed by atoms with E-state index in [2.05, 4.69) is 16.9 Å². The Bertz CT molecular complexity index is 1020. The van der Waals surface area contributed by atoms with Gasteiger partial charge < -0.3 is 14.4 Å². The molecule has 2 heterocycles. The van der Waals surface area contributed by atoms with E-state index in [4.69, 9.17) is 21.1 Å². The molecule has 1 aromatic heterocycles. The second-order valence-electron chi connectivity index (χ2n) is 7.82. The van der Waals surface area contributed by atoms with E-state index in [0.717, 1.165) is 17.5 Å². The quantitative estimate of drug-likeness (QED) is 0.524. The number of aliphatic imine (C=N–C) groups is 1. The maximum Gasteiger partial charge on any atom is 0.254 e. The maximum absolute atomic E-state index is 13.6. The number of hydrogen-bond donors (Lipinski definition) is 0. The average molecular weight is 456 g/mol. The number of aromatic nitrogens is 1. The number of halogens is 1. The molecule has 0 saturated heterocycles. The van der Waals surface area contributed by atoms with Crippen molar-refractivity contribution in [3.63, 3.8) is 0 Å². The van der Waals surface area contributed by atoms with E-state index in [9.17, 15) is 4.79 Å². The predicted octanol–water partition coefficient (Wildman–Crippen LogP) is 5.54. The van der Waals surface area contributed by atoms with E-state index in [1.807, 2.05) is 52.0 Å². The van der Waals surface area contributed by atoms with Crippen LogP contribution in [0.25, 0.3) is 5.76 Å². The molecule has 6 nitrogen and oxygen atoms in total. The number of carbonyl (C=O) groups is 1. The predicted molar refractivity (Wildman–Crippen MR) is 128 cm³/mol. The molecule has 0 saturated carbocycles. The Morgan fingerprint density at radius 2 is 2.03 bits per heavy atom. The second kappa shape index (κ2) is 10.6. The minimum atomic E-state index is -0.161. The lowest BCUT2D eigenvalue weighted by Gasteiger charge is -2.29. The molecule has 0 radical (unpaired) electrons. The van der Waals surface area contributed by atoms with Gasteiger partial charge in [0, 0.05) is 31.3 Å². The Kier molecular flexibility index (Phi) is 7.91. The van der Waals surface area contributed by atoms with Crippen molar-refractivity contribution >= 4 is 29.2 Å². The standard InChI is InChI=1S/C25H30ClN3O3/c1-6-20-13-22(32-18(5)28-20)24-16(3)9-8-10-21(24)25(30)29(7-2)17(4)15-31-23-12-11-19(26)14-27-23/h8-14,17,20H,6-7,15H2,1-5H3/t17?,20-/m0/s1. The number of amides is 1. The summed E-state index contributed by atoms with van der Waals surface area (Å²) in [6.45, 7) is 10.7. The van der Waals surface area contributed by atoms with E-state index in [1.54, 1.807) is 17.0 Å². The Balaban J connectivity index is 1.84. The lowest BCUT2D eigenvalue weighted by atomic mass is 9.97. The fourth-order valence-electron chi connectivity index (χ4n) is 3.74. The highest BCUT2D eigenvalue weighted by molar-refractivity contribution is 6.30. The third-order valence-electron chi connectivity index (χ3n) is 5.42. The van der Waals surface area contributed by atoms with Crippen LogP contribution in [0.1, 0.15) is 55.6 Å². The minimum absolute atomic E-state index is 0.0442. The van der Waals surface area contributed by atoms with Crippen molar-refractivity contribution in [3.8, 4) is 5.88 Å². The van der Waals surface area contributed by atoms with Crippen molar-refractivity contribution in [1.82, 2.24) is 9.88 Å². The molecule has 1 amide bonds. The lowest BCUT2D eigenvalue weighted by Crippen LogP contribution is -2.42. The van der Waals surface area contributed by atoms with Crippen LogP contribution in [0.2, 0.25) is 5.02 Å². The van der Waals surface area contributed by atoms with Crippen molar-refractivity contribution in [2.75, 3.05) is 13.2 Å². The average Bonchev–Trinajstić information content (AvgIpc) is 2.78. The number of rotatable bonds is 8. The SMILES string of the molecule is CC[C@H]1C=C(c2c(C)cccc2C(=O)N(CC)C(C)COc2ccc(Cl)cn2)OC(C)=N1. The Morgan fingerprint density at radius 1 is 1.25 bits per heavy atom. The first-order valence-corrected chi connectivity index (χ1v) is 11.3. The molecule has 0 fully saturated rings. The zero-order valence-corrected chi connectivity index (χ0v) is 20.0. The number of pyridine rings is 1. The highest BCUT2D eigenvalue weighted by Crippen LogP contribution is 2.30. The normalized spacial score (nSPS) is 16.5. The fourth-order valence-corrected chi connectivity index (χ4v) is 3.85. The van der Waals surface area contributed by atoms with E-state index < -0.39 is 0 Å². The van der Waals surface area contributed by atoms with Crippen LogP contribution in [0, 0.1) is 6.92 Å². The first-order valence-electron chi connectivity index (χ1n) is 10.9. The van der Waals surface area contributed by atoms with E-state index in [-0.39, 0.29) is 18.0 Å². The molecule has 32 heavy (non-hydrogen) atoms. The smallest absolute Gasteiger partial charge is 0.254 e. The molecule has 0 N–H and O–H groups in total. The summed E-state index contributed by atoms with van der Waals surface area (Å²) < 4.78 is 11.8. The van der Waals surface area contributed by atoms with E-state index >= 15 is 0 Å². The van der Waals surface area contributed by atoms with Gasteiger partial charge in [0.25, 0.3) is 5.91 Å². The fraction of sp³-hybridized carbons (Fsp3) is 0.400. The Labute approximate surface area is 194 Å². The number of hydrogen-bond acceptors (Lipinski definition) is 5. The molecule has 0 spiro atoms. The lowest BCUT2D eigenvalue weighted by molar-refractivity contribution is 0.0645. The van der Waals surface area contributed by atoms with Crippen LogP contribution in [0.15, 0.2) is 47.6 Å². The van der Waals surface area contributed by atoms with Crippen LogP contribution in [0.5, 0.6) is 5.88 Å². The number of aryl methyl sites for hydroxylation is 1. The largest absolute Gasteiger partial charge is 0.475 e. The molecular weight excluding hydrogens is 426 g/mol. The van der Waals surface area contributed by atoms with Crippen LogP contribution in [-0.2, 0) is 4.74 Å². The summed E-state index contributed by atoms with van der Waals surface area (Å²) in [5.41, 5.74) is 2.41. The summed E-state index contributed by atoms with van der Waals surface area (Å²) in [7, 11) is 0. The minimum Gasteiger partial charge on any atom is -0.475 e. The third kappa shape index (κ3) is 5.49. The van der Waals surface area contributed by atoms with Crippen molar-refractivity contribution in [2.24, 2.45) is 4.99 Å². The molecule has 170 valence electrons. The summed E-state index contributed by atoms with van der Waals surface area (Å²) in [6, 6.07) is 9.08. The van der Waals surface area contributed by atoms with Gasteiger partial charge in [-0.3, -0.25) is 4.79 Å². The topological polar surface area (TPSA) is 64.0 Å². The summed E-state index contributed by atoms with van der Waals surface area (Å²) in [6.07, 6.45) is 4.41. The van der Waals surface area contributed by atoms with Gasteiger partial charge in [0.2, 0.25) is 5.88 Å². The van der Waals surface area contributed by atoms with Gasteiger partial charge in [-0.2, -0.15) is 0 Å². The van der Waals surface area contributed by atoms with Crippen molar-refractivity contribution in [2.45, 2.75) is 53.1 Å². The summed E-state index contributed by atoms with van der Waals surface area (Å²) in [4.78, 5) is 24.1. The van der Waals surface area contributed by atoms with Gasteiger partial charge in [0.05, 0.1) is 22.7 Å². The van der Waals surface area contributed by atoms with E-state index in [0.29, 0.717) is 41.3 Å². The molecule has 1 aliphatic heterocycles. The summed E-state index contributed by atoms with van der Waals surface area (Å²) in [5, 5.41) is 0.549. The van der Waals surface area contributed by atoms with E-state index in [1.165, 1.54) is 6.20 Å². The van der Waals surface area contributed by atoms with Crippen LogP contribution >= 0.6 is 11.6 Å². The summed E-state index contributed by atoms with van der Waals surface area (Å²) in [5.74, 6) is 1.71. The second-order valence-corrected chi connectivity index (χ2v) is 8.26. The van der Waals surface area contributed by atoms with Crippen molar-refractivity contribution in [1.29, 1.82) is 0 Å². The zero-order valence-electron chi connectivity index (χ0n) is 19.3. The highest BCUT2D eigenvalue weighted by Gasteiger charge is 2.27. The molecule has 2 atom stereocenters. The van der Waals surface area contributed by atoms with Crippen LogP contribution in [0.3, 0.4) is 0 Å². The summed E-state index contributed by atoms with van der Waals surface area (Å²) >= 11 is 5.88. The molecule has 1 aliphatic rings. The van der Waals surface area contributed by atoms with Gasteiger partial charge >= 0.3 is 0 Å². The number of likely N-dealkylation sites (N-methyl/N-ethyl adjacent to an activating group) is 1. The molecule has 1 unspecified atom stereocenters. The van der Waals surface area contributed by atoms with Crippen LogP contribution in [0.4, 0.5) is 0 Å². The number of nitrogens with zero attached hydrogens (tertiary/aromatic N) is 3. The molecule has 0 aliphatic carbocycles.